The molecule has 0 saturated carbocycles. The van der Waals surface area contributed by atoms with Crippen molar-refractivity contribution in [1.29, 1.82) is 0 Å². The highest BCUT2D eigenvalue weighted by molar-refractivity contribution is 14.0. The average Bonchev–Trinajstić information content (AvgIpc) is 3.19. The van der Waals surface area contributed by atoms with E-state index in [1.165, 1.54) is 11.0 Å². The van der Waals surface area contributed by atoms with E-state index in [0.29, 0.717) is 6.54 Å². The Balaban J connectivity index is 0.00000225. The summed E-state index contributed by atoms with van der Waals surface area (Å²) >= 11 is 1.66. The van der Waals surface area contributed by atoms with Gasteiger partial charge < -0.3 is 16.0 Å². The molecule has 0 aliphatic heterocycles. The Morgan fingerprint density at radius 1 is 1.24 bits per heavy atom. The van der Waals surface area contributed by atoms with Crippen LogP contribution in [0.5, 0.6) is 0 Å². The van der Waals surface area contributed by atoms with Gasteiger partial charge in [0.25, 0.3) is 0 Å². The molecule has 0 aliphatic carbocycles. The number of hydrogen-bond donors (Lipinski definition) is 3. The lowest BCUT2D eigenvalue weighted by atomic mass is 10.3. The van der Waals surface area contributed by atoms with Crippen LogP contribution in [0.3, 0.4) is 0 Å². The maximum absolute atomic E-state index is 4.55. The summed E-state index contributed by atoms with van der Waals surface area (Å²) in [6.45, 7) is 2.06. The van der Waals surface area contributed by atoms with Gasteiger partial charge in [0.05, 0.1) is 16.8 Å². The molecule has 0 unspecified atom stereocenters. The molecule has 3 rings (SSSR count). The van der Waals surface area contributed by atoms with Crippen molar-refractivity contribution in [2.45, 2.75) is 6.54 Å². The predicted molar refractivity (Wildman–Crippen MR) is 113 cm³/mol. The molecule has 134 valence electrons. The van der Waals surface area contributed by atoms with Crippen molar-refractivity contribution in [3.8, 4) is 0 Å². The van der Waals surface area contributed by atoms with E-state index >= 15 is 0 Å². The number of anilines is 1. The van der Waals surface area contributed by atoms with Gasteiger partial charge >= 0.3 is 0 Å². The number of nitrogens with zero attached hydrogens (tertiary/aromatic N) is 5. The van der Waals surface area contributed by atoms with E-state index in [9.17, 15) is 0 Å². The molecule has 2 heterocycles. The van der Waals surface area contributed by atoms with Crippen LogP contribution in [0, 0.1) is 0 Å². The summed E-state index contributed by atoms with van der Waals surface area (Å²) in [5, 5.41) is 14.8. The van der Waals surface area contributed by atoms with Crippen LogP contribution in [0.4, 0.5) is 5.13 Å². The van der Waals surface area contributed by atoms with Gasteiger partial charge in [0.15, 0.2) is 11.1 Å². The van der Waals surface area contributed by atoms with Gasteiger partial charge in [-0.25, -0.2) is 9.97 Å². The number of fused-ring (bicyclic) bond motifs is 1. The van der Waals surface area contributed by atoms with Gasteiger partial charge in [0, 0.05) is 27.2 Å². The highest BCUT2D eigenvalue weighted by Gasteiger charge is 2.04. The number of halogens is 1. The Bertz CT molecular complexity index is 795. The maximum atomic E-state index is 4.55. The Morgan fingerprint density at radius 3 is 2.80 bits per heavy atom. The smallest absolute Gasteiger partial charge is 0.191 e. The molecule has 0 atom stereocenters. The summed E-state index contributed by atoms with van der Waals surface area (Å²) in [6, 6.07) is 8.13. The van der Waals surface area contributed by atoms with Gasteiger partial charge in [-0.3, -0.25) is 9.67 Å². The number of aliphatic imine (C=N–C) groups is 1. The van der Waals surface area contributed by atoms with Crippen LogP contribution in [0.25, 0.3) is 10.2 Å². The molecule has 3 aromatic rings. The minimum Gasteiger partial charge on any atom is -0.360 e. The first-order valence-electron chi connectivity index (χ1n) is 7.63. The number of hydrogen-bond acceptors (Lipinski definition) is 6. The molecule has 0 amide bonds. The molecule has 0 bridgehead atoms. The summed E-state index contributed by atoms with van der Waals surface area (Å²) in [5.41, 5.74) is 1.03. The number of aromatic nitrogens is 4. The second-order valence-corrected chi connectivity index (χ2v) is 6.10. The minimum atomic E-state index is 0. The molecule has 0 radical (unpaired) electrons. The van der Waals surface area contributed by atoms with Crippen LogP contribution >= 0.6 is 35.3 Å². The van der Waals surface area contributed by atoms with E-state index in [-0.39, 0.29) is 24.0 Å². The Hall–Kier alpha value is -1.95. The van der Waals surface area contributed by atoms with Gasteiger partial charge in [-0.05, 0) is 12.1 Å². The predicted octanol–water partition coefficient (Wildman–Crippen LogP) is 1.82. The van der Waals surface area contributed by atoms with Crippen molar-refractivity contribution < 1.29 is 0 Å². The monoisotopic (exact) mass is 472 g/mol. The number of guanidine groups is 1. The quantitative estimate of drug-likeness (QED) is 0.220. The Kier molecular flexibility index (Phi) is 7.37. The fraction of sp³-hybridized carbons (Fsp3) is 0.333. The lowest BCUT2D eigenvalue weighted by molar-refractivity contribution is 0.673. The van der Waals surface area contributed by atoms with E-state index in [2.05, 4.69) is 42.1 Å². The summed E-state index contributed by atoms with van der Waals surface area (Å²) in [7, 11) is 3.61. The fourth-order valence-electron chi connectivity index (χ4n) is 2.16. The molecule has 8 nitrogen and oxygen atoms in total. The molecule has 25 heavy (non-hydrogen) atoms. The lowest BCUT2D eigenvalue weighted by Gasteiger charge is -2.11. The largest absolute Gasteiger partial charge is 0.360 e. The summed E-state index contributed by atoms with van der Waals surface area (Å²) < 4.78 is 2.92. The zero-order chi connectivity index (χ0) is 16.8. The second-order valence-electron chi connectivity index (χ2n) is 5.07. The van der Waals surface area contributed by atoms with E-state index in [0.717, 1.165) is 35.5 Å². The van der Waals surface area contributed by atoms with Gasteiger partial charge in [0.2, 0.25) is 0 Å². The first-order chi connectivity index (χ1) is 11.8. The highest BCUT2D eigenvalue weighted by Crippen LogP contribution is 2.24. The summed E-state index contributed by atoms with van der Waals surface area (Å²) in [6.07, 6.45) is 1.54. The van der Waals surface area contributed by atoms with E-state index in [1.54, 1.807) is 23.1 Å². The van der Waals surface area contributed by atoms with Gasteiger partial charge in [0.1, 0.15) is 12.2 Å². The lowest BCUT2D eigenvalue weighted by Crippen LogP contribution is -2.39. The van der Waals surface area contributed by atoms with Crippen molar-refractivity contribution in [1.82, 2.24) is 30.4 Å². The number of rotatable bonds is 6. The number of aryl methyl sites for hydroxylation is 1. The molecule has 0 fully saturated rings. The zero-order valence-corrected chi connectivity index (χ0v) is 17.2. The van der Waals surface area contributed by atoms with Crippen molar-refractivity contribution >= 4 is 56.6 Å². The standard InChI is InChI=1S/C15H20N8S.HI/c1-16-14(19-9-13-20-10-21-23(13)2)17-7-8-18-15-22-11-5-3-4-6-12(11)24-15;/h3-6,10H,7-9H2,1-2H3,(H,18,22)(H2,16,17,19);1H. The van der Waals surface area contributed by atoms with Crippen molar-refractivity contribution in [3.63, 3.8) is 0 Å². The second kappa shape index (κ2) is 9.51. The molecule has 2 aromatic heterocycles. The maximum Gasteiger partial charge on any atom is 0.191 e. The first-order valence-corrected chi connectivity index (χ1v) is 8.45. The van der Waals surface area contributed by atoms with E-state index in [4.69, 9.17) is 0 Å². The molecule has 3 N–H and O–H groups in total. The molecule has 0 spiro atoms. The van der Waals surface area contributed by atoms with Crippen LogP contribution in [0.2, 0.25) is 0 Å². The van der Waals surface area contributed by atoms with Crippen LogP contribution < -0.4 is 16.0 Å². The number of thiazole rings is 1. The summed E-state index contributed by atoms with van der Waals surface area (Å²) in [4.78, 5) is 12.9. The van der Waals surface area contributed by atoms with E-state index in [1.807, 2.05) is 25.2 Å². The van der Waals surface area contributed by atoms with Crippen LogP contribution in [-0.4, -0.2) is 45.8 Å². The minimum absolute atomic E-state index is 0. The first kappa shape index (κ1) is 19.4. The third-order valence-electron chi connectivity index (χ3n) is 3.43. The number of para-hydroxylation sites is 1. The normalized spacial score (nSPS) is 11.2. The Labute approximate surface area is 167 Å². The van der Waals surface area contributed by atoms with Crippen LogP contribution in [0.15, 0.2) is 35.6 Å². The zero-order valence-electron chi connectivity index (χ0n) is 14.1. The average molecular weight is 472 g/mol. The Morgan fingerprint density at radius 2 is 2.08 bits per heavy atom. The highest BCUT2D eigenvalue weighted by atomic mass is 127. The molecule has 10 heteroatoms. The molecule has 1 aromatic carbocycles. The van der Waals surface area contributed by atoms with E-state index < -0.39 is 0 Å². The van der Waals surface area contributed by atoms with Gasteiger partial charge in [-0.15, -0.1) is 24.0 Å². The topological polar surface area (TPSA) is 92.1 Å². The van der Waals surface area contributed by atoms with Crippen molar-refractivity contribution in [3.05, 3.63) is 36.4 Å². The van der Waals surface area contributed by atoms with Crippen molar-refractivity contribution in [2.24, 2.45) is 12.0 Å². The summed E-state index contributed by atoms with van der Waals surface area (Å²) in [5.74, 6) is 1.58. The third-order valence-corrected chi connectivity index (χ3v) is 4.42. The number of nitrogens with one attached hydrogen (secondary N) is 3. The SMILES string of the molecule is CN=C(NCCNc1nc2ccccc2s1)NCc1ncnn1C.I. The third kappa shape index (κ3) is 5.26. The molecule has 0 saturated heterocycles. The fourth-order valence-corrected chi connectivity index (χ4v) is 3.05. The molecular formula is C15H21IN8S. The van der Waals surface area contributed by atoms with Crippen molar-refractivity contribution in [2.75, 3.05) is 25.5 Å². The van der Waals surface area contributed by atoms with Gasteiger partial charge in [-0.1, -0.05) is 23.5 Å². The van der Waals surface area contributed by atoms with Crippen LogP contribution in [-0.2, 0) is 13.6 Å². The van der Waals surface area contributed by atoms with Gasteiger partial charge in [-0.2, -0.15) is 5.10 Å². The molecular weight excluding hydrogens is 451 g/mol. The number of benzene rings is 1. The molecule has 0 aliphatic rings. The van der Waals surface area contributed by atoms with Crippen LogP contribution in [0.1, 0.15) is 5.82 Å².